The average Bonchev–Trinajstić information content (AvgIpc) is 2.73. The highest BCUT2D eigenvalue weighted by atomic mass is 35.5. The maximum absolute atomic E-state index is 11.1. The van der Waals surface area contributed by atoms with Crippen molar-refractivity contribution in [2.75, 3.05) is 0 Å². The van der Waals surface area contributed by atoms with Crippen LogP contribution in [0.25, 0.3) is 0 Å². The average molecular weight is 301 g/mol. The zero-order chi connectivity index (χ0) is 14.0. The Morgan fingerprint density at radius 3 is 2.79 bits per heavy atom. The van der Waals surface area contributed by atoms with E-state index in [2.05, 4.69) is 4.98 Å². The number of nitrogens with zero attached hydrogens (tertiary/aromatic N) is 2. The van der Waals surface area contributed by atoms with Gasteiger partial charge in [-0.2, -0.15) is 0 Å². The highest BCUT2D eigenvalue weighted by molar-refractivity contribution is 6.36. The van der Waals surface area contributed by atoms with Gasteiger partial charge in [-0.25, -0.2) is 9.78 Å². The molecule has 0 unspecified atom stereocenters. The summed E-state index contributed by atoms with van der Waals surface area (Å²) in [7, 11) is 1.81. The molecule has 0 saturated heterocycles. The van der Waals surface area contributed by atoms with Crippen LogP contribution in [0.15, 0.2) is 24.7 Å². The smallest absolute Gasteiger partial charge is 0.339 e. The largest absolute Gasteiger partial charge is 0.485 e. The van der Waals surface area contributed by atoms with Crippen molar-refractivity contribution in [2.45, 2.75) is 6.61 Å². The van der Waals surface area contributed by atoms with Gasteiger partial charge in [0.25, 0.3) is 0 Å². The number of carbonyl (C=O) groups is 1. The van der Waals surface area contributed by atoms with Crippen LogP contribution in [0.5, 0.6) is 5.75 Å². The fraction of sp³-hybridized carbons (Fsp3) is 0.167. The molecular formula is C12H10Cl2N2O3. The molecule has 7 heteroatoms. The van der Waals surface area contributed by atoms with Crippen LogP contribution in [0.3, 0.4) is 0 Å². The molecule has 0 spiro atoms. The van der Waals surface area contributed by atoms with Gasteiger partial charge in [-0.1, -0.05) is 23.2 Å². The Hall–Kier alpha value is -1.72. The van der Waals surface area contributed by atoms with Gasteiger partial charge in [0, 0.05) is 12.1 Å². The van der Waals surface area contributed by atoms with Gasteiger partial charge < -0.3 is 14.4 Å². The fourth-order valence-corrected chi connectivity index (χ4v) is 2.08. The summed E-state index contributed by atoms with van der Waals surface area (Å²) < 4.78 is 7.25. The van der Waals surface area contributed by atoms with Crippen LogP contribution in [-0.4, -0.2) is 20.6 Å². The Morgan fingerprint density at radius 2 is 2.21 bits per heavy atom. The molecule has 0 bridgehead atoms. The summed E-state index contributed by atoms with van der Waals surface area (Å²) in [5, 5.41) is 9.52. The maximum atomic E-state index is 11.1. The van der Waals surface area contributed by atoms with Gasteiger partial charge in [-0.15, -0.1) is 0 Å². The molecular weight excluding hydrogens is 291 g/mol. The van der Waals surface area contributed by atoms with E-state index in [1.807, 2.05) is 7.05 Å². The minimum absolute atomic E-state index is 0.0698. The first kappa shape index (κ1) is 13.7. The molecule has 2 rings (SSSR count). The van der Waals surface area contributed by atoms with Crippen LogP contribution < -0.4 is 4.74 Å². The Kier molecular flexibility index (Phi) is 3.97. The van der Waals surface area contributed by atoms with Crippen molar-refractivity contribution >= 4 is 29.2 Å². The minimum Gasteiger partial charge on any atom is -0.485 e. The van der Waals surface area contributed by atoms with E-state index in [4.69, 9.17) is 33.0 Å². The second-order valence-electron chi connectivity index (χ2n) is 3.85. The molecule has 1 aromatic heterocycles. The molecule has 0 amide bonds. The summed E-state index contributed by atoms with van der Waals surface area (Å²) in [5.74, 6) is -1.05. The summed E-state index contributed by atoms with van der Waals surface area (Å²) in [4.78, 5) is 15.1. The molecule has 0 aliphatic carbocycles. The lowest BCUT2D eigenvalue weighted by molar-refractivity contribution is 0.0691. The molecule has 100 valence electrons. The molecule has 0 fully saturated rings. The number of benzene rings is 1. The second-order valence-corrected chi connectivity index (χ2v) is 4.70. The topological polar surface area (TPSA) is 64.4 Å². The van der Waals surface area contributed by atoms with Gasteiger partial charge in [-0.3, -0.25) is 0 Å². The highest BCUT2D eigenvalue weighted by Gasteiger charge is 2.17. The SMILES string of the molecule is Cn1cncc1COc1c(Cl)cc(Cl)cc1C(=O)O. The summed E-state index contributed by atoms with van der Waals surface area (Å²) >= 11 is 11.7. The van der Waals surface area contributed by atoms with E-state index < -0.39 is 5.97 Å². The first-order valence-corrected chi connectivity index (χ1v) is 6.05. The first-order valence-electron chi connectivity index (χ1n) is 5.29. The van der Waals surface area contributed by atoms with E-state index in [9.17, 15) is 4.79 Å². The van der Waals surface area contributed by atoms with Crippen molar-refractivity contribution in [2.24, 2.45) is 7.05 Å². The van der Waals surface area contributed by atoms with Gasteiger partial charge in [0.05, 0.1) is 23.2 Å². The van der Waals surface area contributed by atoms with E-state index in [-0.39, 0.29) is 28.0 Å². The third kappa shape index (κ3) is 3.00. The lowest BCUT2D eigenvalue weighted by Gasteiger charge is -2.11. The molecule has 19 heavy (non-hydrogen) atoms. The maximum Gasteiger partial charge on any atom is 0.339 e. The van der Waals surface area contributed by atoms with Gasteiger partial charge in [0.2, 0.25) is 0 Å². The second kappa shape index (κ2) is 5.50. The van der Waals surface area contributed by atoms with E-state index in [1.165, 1.54) is 12.1 Å². The number of aryl methyl sites for hydroxylation is 1. The molecule has 5 nitrogen and oxygen atoms in total. The van der Waals surface area contributed by atoms with Crippen LogP contribution in [-0.2, 0) is 13.7 Å². The summed E-state index contributed by atoms with van der Waals surface area (Å²) in [6.07, 6.45) is 3.25. The zero-order valence-electron chi connectivity index (χ0n) is 9.93. The molecule has 0 aliphatic heterocycles. The summed E-state index contributed by atoms with van der Waals surface area (Å²) in [6, 6.07) is 2.74. The van der Waals surface area contributed by atoms with Crippen molar-refractivity contribution in [3.05, 3.63) is 46.0 Å². The van der Waals surface area contributed by atoms with Crippen LogP contribution in [0.1, 0.15) is 16.1 Å². The number of imidazole rings is 1. The lowest BCUT2D eigenvalue weighted by atomic mass is 10.2. The van der Waals surface area contributed by atoms with Crippen LogP contribution >= 0.6 is 23.2 Å². The van der Waals surface area contributed by atoms with Gasteiger partial charge >= 0.3 is 5.97 Å². The molecule has 1 aromatic carbocycles. The first-order chi connectivity index (χ1) is 8.99. The van der Waals surface area contributed by atoms with E-state index in [0.29, 0.717) is 0 Å². The number of carboxylic acid groups (broad SMARTS) is 1. The zero-order valence-corrected chi connectivity index (χ0v) is 11.4. The lowest BCUT2D eigenvalue weighted by Crippen LogP contribution is -2.06. The Bertz CT molecular complexity index is 625. The Morgan fingerprint density at radius 1 is 1.47 bits per heavy atom. The van der Waals surface area contributed by atoms with E-state index in [1.54, 1.807) is 17.1 Å². The Labute approximate surface area is 119 Å². The number of halogens is 2. The van der Waals surface area contributed by atoms with Gasteiger partial charge in [-0.05, 0) is 12.1 Å². The molecule has 0 aliphatic rings. The minimum atomic E-state index is -1.15. The van der Waals surface area contributed by atoms with Crippen LogP contribution in [0.2, 0.25) is 10.0 Å². The third-order valence-electron chi connectivity index (χ3n) is 2.52. The predicted molar refractivity (Wildman–Crippen MR) is 71.0 cm³/mol. The monoisotopic (exact) mass is 300 g/mol. The molecule has 1 N–H and O–H groups in total. The standard InChI is InChI=1S/C12H10Cl2N2O3/c1-16-6-15-4-8(16)5-19-11-9(12(17)18)2-7(13)3-10(11)14/h2-4,6H,5H2,1H3,(H,17,18). The van der Waals surface area contributed by atoms with Crippen LogP contribution in [0.4, 0.5) is 0 Å². The van der Waals surface area contributed by atoms with E-state index in [0.717, 1.165) is 5.69 Å². The number of aromatic carboxylic acids is 1. The number of aromatic nitrogens is 2. The molecule has 2 aromatic rings. The fourth-order valence-electron chi connectivity index (χ4n) is 1.54. The molecule has 1 heterocycles. The number of hydrogen-bond acceptors (Lipinski definition) is 3. The predicted octanol–water partition coefficient (Wildman–Crippen LogP) is 3.00. The summed E-state index contributed by atoms with van der Waals surface area (Å²) in [6.45, 7) is 0.165. The third-order valence-corrected chi connectivity index (χ3v) is 3.02. The normalized spacial score (nSPS) is 10.5. The molecule has 0 atom stereocenters. The quantitative estimate of drug-likeness (QED) is 0.943. The van der Waals surface area contributed by atoms with Gasteiger partial charge in [0.15, 0.2) is 5.75 Å². The molecule has 0 saturated carbocycles. The van der Waals surface area contributed by atoms with Crippen molar-refractivity contribution in [1.82, 2.24) is 9.55 Å². The van der Waals surface area contributed by atoms with Crippen molar-refractivity contribution in [3.8, 4) is 5.75 Å². The number of ether oxygens (including phenoxy) is 1. The van der Waals surface area contributed by atoms with Crippen molar-refractivity contribution in [1.29, 1.82) is 0 Å². The van der Waals surface area contributed by atoms with Crippen molar-refractivity contribution in [3.63, 3.8) is 0 Å². The van der Waals surface area contributed by atoms with Crippen molar-refractivity contribution < 1.29 is 14.6 Å². The highest BCUT2D eigenvalue weighted by Crippen LogP contribution is 2.33. The number of carboxylic acids is 1. The number of rotatable bonds is 4. The van der Waals surface area contributed by atoms with E-state index >= 15 is 0 Å². The summed E-state index contributed by atoms with van der Waals surface area (Å²) in [5.41, 5.74) is 0.724. The van der Waals surface area contributed by atoms with Gasteiger partial charge in [0.1, 0.15) is 12.2 Å². The Balaban J connectivity index is 2.29. The molecule has 0 radical (unpaired) electrons. The van der Waals surface area contributed by atoms with Crippen LogP contribution in [0, 0.1) is 0 Å². The number of hydrogen-bond donors (Lipinski definition) is 1.